The second-order valence-corrected chi connectivity index (χ2v) is 5.44. The Hall–Kier alpha value is -1.23. The molecule has 0 spiro atoms. The Kier molecular flexibility index (Phi) is 5.71. The number of hydrogen-bond acceptors (Lipinski definition) is 4. The molecular weight excluding hydrogens is 255 g/mol. The largest absolute Gasteiger partial charge is 0.351 e. The van der Waals surface area contributed by atoms with Gasteiger partial charge in [0.05, 0.1) is 5.69 Å². The van der Waals surface area contributed by atoms with Crippen LogP contribution >= 0.6 is 0 Å². The Bertz CT molecular complexity index is 418. The van der Waals surface area contributed by atoms with Crippen molar-refractivity contribution in [1.29, 1.82) is 0 Å². The van der Waals surface area contributed by atoms with Crippen molar-refractivity contribution in [3.63, 3.8) is 0 Å². The summed E-state index contributed by atoms with van der Waals surface area (Å²) in [5.41, 5.74) is 6.13. The van der Waals surface area contributed by atoms with Crippen LogP contribution in [0, 0.1) is 5.82 Å². The van der Waals surface area contributed by atoms with E-state index in [0.29, 0.717) is 30.5 Å². The Morgan fingerprint density at radius 1 is 1.30 bits per heavy atom. The molecule has 4 nitrogen and oxygen atoms in total. The molecule has 1 heterocycles. The van der Waals surface area contributed by atoms with Gasteiger partial charge < -0.3 is 10.6 Å². The number of anilines is 1. The number of hydrogen-bond donors (Lipinski definition) is 1. The second-order valence-electron chi connectivity index (χ2n) is 5.44. The van der Waals surface area contributed by atoms with Gasteiger partial charge in [-0.25, -0.2) is 14.4 Å². The summed E-state index contributed by atoms with van der Waals surface area (Å²) in [5.74, 6) is 0.217. The van der Waals surface area contributed by atoms with E-state index < -0.39 is 0 Å². The number of nitrogens with zero attached hydrogens (tertiary/aromatic N) is 3. The van der Waals surface area contributed by atoms with Crippen LogP contribution in [0.5, 0.6) is 0 Å². The van der Waals surface area contributed by atoms with Crippen LogP contribution in [-0.4, -0.2) is 29.1 Å². The number of aryl methyl sites for hydroxylation is 1. The molecule has 20 heavy (non-hydrogen) atoms. The first kappa shape index (κ1) is 15.2. The van der Waals surface area contributed by atoms with Gasteiger partial charge in [0.25, 0.3) is 0 Å². The van der Waals surface area contributed by atoms with Crippen molar-refractivity contribution in [3.05, 3.63) is 17.8 Å². The number of aromatic nitrogens is 2. The lowest BCUT2D eigenvalue weighted by Gasteiger charge is -2.35. The summed E-state index contributed by atoms with van der Waals surface area (Å²) in [6, 6.07) is 0.393. The number of nitrogens with two attached hydrogens (primary N) is 1. The van der Waals surface area contributed by atoms with Crippen molar-refractivity contribution >= 4 is 5.82 Å². The van der Waals surface area contributed by atoms with Gasteiger partial charge >= 0.3 is 0 Å². The minimum Gasteiger partial charge on any atom is -0.351 e. The van der Waals surface area contributed by atoms with Crippen LogP contribution in [0.2, 0.25) is 0 Å². The molecular formula is C15H25FN4. The zero-order chi connectivity index (χ0) is 14.4. The third kappa shape index (κ3) is 3.45. The van der Waals surface area contributed by atoms with Gasteiger partial charge in [-0.05, 0) is 32.2 Å². The molecule has 1 fully saturated rings. The van der Waals surface area contributed by atoms with Gasteiger partial charge in [0.15, 0.2) is 11.6 Å². The first-order valence-corrected chi connectivity index (χ1v) is 7.74. The van der Waals surface area contributed by atoms with Gasteiger partial charge in [0.1, 0.15) is 6.33 Å². The lowest BCUT2D eigenvalue weighted by Crippen LogP contribution is -2.39. The molecule has 2 N–H and O–H groups in total. The standard InChI is InChI=1S/C15H25FN4/c1-2-13-14(16)15(19-11-18-13)20(10-6-9-17)12-7-4-3-5-8-12/h11-12H,2-10,17H2,1H3. The molecule has 1 aromatic rings. The molecule has 1 aliphatic carbocycles. The molecule has 0 aromatic carbocycles. The minimum atomic E-state index is -0.252. The first-order chi connectivity index (χ1) is 9.77. The molecule has 1 aromatic heterocycles. The van der Waals surface area contributed by atoms with Gasteiger partial charge in [-0.1, -0.05) is 26.2 Å². The normalized spacial score (nSPS) is 16.4. The Morgan fingerprint density at radius 3 is 2.70 bits per heavy atom. The summed E-state index contributed by atoms with van der Waals surface area (Å²) in [5, 5.41) is 0. The fourth-order valence-electron chi connectivity index (χ4n) is 2.96. The van der Waals surface area contributed by atoms with Crippen molar-refractivity contribution in [2.24, 2.45) is 5.73 Å². The molecule has 112 valence electrons. The lowest BCUT2D eigenvalue weighted by molar-refractivity contribution is 0.406. The molecule has 2 rings (SSSR count). The van der Waals surface area contributed by atoms with E-state index in [2.05, 4.69) is 14.9 Å². The van der Waals surface area contributed by atoms with Crippen LogP contribution in [0.1, 0.15) is 51.1 Å². The van der Waals surface area contributed by atoms with Crippen molar-refractivity contribution < 1.29 is 4.39 Å². The summed E-state index contributed by atoms with van der Waals surface area (Å²) < 4.78 is 14.5. The average molecular weight is 280 g/mol. The van der Waals surface area contributed by atoms with Crippen molar-refractivity contribution in [2.45, 2.75) is 57.9 Å². The predicted molar refractivity (Wildman–Crippen MR) is 79.3 cm³/mol. The van der Waals surface area contributed by atoms with Gasteiger partial charge in [-0.3, -0.25) is 0 Å². The highest BCUT2D eigenvalue weighted by Gasteiger charge is 2.25. The molecule has 0 bridgehead atoms. The average Bonchev–Trinajstić information content (AvgIpc) is 2.50. The van der Waals surface area contributed by atoms with Gasteiger partial charge in [0.2, 0.25) is 0 Å². The van der Waals surface area contributed by atoms with Gasteiger partial charge in [-0.2, -0.15) is 0 Å². The second kappa shape index (κ2) is 7.53. The van der Waals surface area contributed by atoms with E-state index in [1.165, 1.54) is 25.6 Å². The van der Waals surface area contributed by atoms with E-state index in [-0.39, 0.29) is 5.82 Å². The first-order valence-electron chi connectivity index (χ1n) is 7.74. The fourth-order valence-corrected chi connectivity index (χ4v) is 2.96. The van der Waals surface area contributed by atoms with Crippen LogP contribution in [0.4, 0.5) is 10.2 Å². The van der Waals surface area contributed by atoms with Crippen molar-refractivity contribution in [3.8, 4) is 0 Å². The topological polar surface area (TPSA) is 55.0 Å². The van der Waals surface area contributed by atoms with E-state index in [0.717, 1.165) is 25.8 Å². The molecule has 0 saturated heterocycles. The van der Waals surface area contributed by atoms with Gasteiger partial charge in [-0.15, -0.1) is 0 Å². The highest BCUT2D eigenvalue weighted by Crippen LogP contribution is 2.28. The van der Waals surface area contributed by atoms with Crippen LogP contribution < -0.4 is 10.6 Å². The minimum absolute atomic E-state index is 0.252. The molecule has 0 unspecified atom stereocenters. The van der Waals surface area contributed by atoms with Crippen molar-refractivity contribution in [1.82, 2.24) is 9.97 Å². The maximum Gasteiger partial charge on any atom is 0.187 e. The third-order valence-electron chi connectivity index (χ3n) is 4.07. The molecule has 0 amide bonds. The summed E-state index contributed by atoms with van der Waals surface area (Å²) in [6.45, 7) is 3.31. The SMILES string of the molecule is CCc1ncnc(N(CCCN)C2CCCCC2)c1F. The maximum atomic E-state index is 14.5. The van der Waals surface area contributed by atoms with E-state index >= 15 is 0 Å². The molecule has 1 aliphatic rings. The predicted octanol–water partition coefficient (Wildman–Crippen LogP) is 2.67. The van der Waals surface area contributed by atoms with Crippen LogP contribution in [-0.2, 0) is 6.42 Å². The number of rotatable bonds is 6. The Balaban J connectivity index is 2.25. The monoisotopic (exact) mass is 280 g/mol. The zero-order valence-electron chi connectivity index (χ0n) is 12.3. The highest BCUT2D eigenvalue weighted by molar-refractivity contribution is 5.42. The van der Waals surface area contributed by atoms with E-state index in [1.54, 1.807) is 0 Å². The summed E-state index contributed by atoms with van der Waals surface area (Å²) in [6.07, 6.45) is 8.90. The quantitative estimate of drug-likeness (QED) is 0.870. The molecule has 0 atom stereocenters. The Morgan fingerprint density at radius 2 is 2.05 bits per heavy atom. The zero-order valence-corrected chi connectivity index (χ0v) is 12.3. The molecule has 5 heteroatoms. The van der Waals surface area contributed by atoms with E-state index in [4.69, 9.17) is 5.73 Å². The number of halogens is 1. The molecule has 0 radical (unpaired) electrons. The highest BCUT2D eigenvalue weighted by atomic mass is 19.1. The van der Waals surface area contributed by atoms with Crippen molar-refractivity contribution in [2.75, 3.05) is 18.0 Å². The van der Waals surface area contributed by atoms with Crippen LogP contribution in [0.3, 0.4) is 0 Å². The van der Waals surface area contributed by atoms with E-state index in [9.17, 15) is 4.39 Å². The summed E-state index contributed by atoms with van der Waals surface area (Å²) in [4.78, 5) is 10.4. The molecule has 0 aliphatic heterocycles. The summed E-state index contributed by atoms with van der Waals surface area (Å²) in [7, 11) is 0. The fraction of sp³-hybridized carbons (Fsp3) is 0.733. The maximum absolute atomic E-state index is 14.5. The van der Waals surface area contributed by atoms with Crippen LogP contribution in [0.15, 0.2) is 6.33 Å². The van der Waals surface area contributed by atoms with Gasteiger partial charge in [0, 0.05) is 12.6 Å². The Labute approximate surface area is 120 Å². The smallest absolute Gasteiger partial charge is 0.187 e. The third-order valence-corrected chi connectivity index (χ3v) is 4.07. The molecule has 1 saturated carbocycles. The lowest BCUT2D eigenvalue weighted by atomic mass is 9.94. The van der Waals surface area contributed by atoms with E-state index in [1.807, 2.05) is 6.92 Å². The van der Waals surface area contributed by atoms with Crippen LogP contribution in [0.25, 0.3) is 0 Å². The summed E-state index contributed by atoms with van der Waals surface area (Å²) >= 11 is 0.